The minimum atomic E-state index is -0.351. The SMILES string of the molecule is CC1CN(Cc2ccc(Cl)c(F)c2)CC1N. The first-order valence-electron chi connectivity index (χ1n) is 5.48. The van der Waals surface area contributed by atoms with Crippen molar-refractivity contribution in [2.45, 2.75) is 19.5 Å². The molecule has 0 aromatic heterocycles. The van der Waals surface area contributed by atoms with Gasteiger partial charge in [-0.25, -0.2) is 4.39 Å². The molecule has 0 aliphatic carbocycles. The molecule has 0 radical (unpaired) electrons. The summed E-state index contributed by atoms with van der Waals surface area (Å²) < 4.78 is 13.2. The molecule has 1 heterocycles. The van der Waals surface area contributed by atoms with E-state index in [1.54, 1.807) is 6.07 Å². The Morgan fingerprint density at radius 2 is 2.25 bits per heavy atom. The third kappa shape index (κ3) is 2.54. The Balaban J connectivity index is 2.02. The summed E-state index contributed by atoms with van der Waals surface area (Å²) in [5.41, 5.74) is 6.89. The summed E-state index contributed by atoms with van der Waals surface area (Å²) in [6.07, 6.45) is 0. The van der Waals surface area contributed by atoms with Crippen molar-refractivity contribution in [2.24, 2.45) is 11.7 Å². The lowest BCUT2D eigenvalue weighted by atomic mass is 10.1. The van der Waals surface area contributed by atoms with Gasteiger partial charge in [0.25, 0.3) is 0 Å². The summed E-state index contributed by atoms with van der Waals surface area (Å²) in [5, 5.41) is 0.176. The quantitative estimate of drug-likeness (QED) is 0.862. The van der Waals surface area contributed by atoms with E-state index in [-0.39, 0.29) is 16.9 Å². The van der Waals surface area contributed by atoms with E-state index in [9.17, 15) is 4.39 Å². The molecule has 1 saturated heterocycles. The van der Waals surface area contributed by atoms with E-state index in [2.05, 4.69) is 11.8 Å². The molecule has 1 aliphatic rings. The van der Waals surface area contributed by atoms with Gasteiger partial charge in [-0.1, -0.05) is 24.6 Å². The van der Waals surface area contributed by atoms with Crippen molar-refractivity contribution in [2.75, 3.05) is 13.1 Å². The van der Waals surface area contributed by atoms with E-state index in [4.69, 9.17) is 17.3 Å². The van der Waals surface area contributed by atoms with Crippen LogP contribution in [-0.4, -0.2) is 24.0 Å². The van der Waals surface area contributed by atoms with Crippen LogP contribution in [-0.2, 0) is 6.54 Å². The molecular formula is C12H16ClFN2. The highest BCUT2D eigenvalue weighted by Gasteiger charge is 2.26. The second kappa shape index (κ2) is 4.70. The molecule has 1 aromatic rings. The molecule has 1 aromatic carbocycles. The molecule has 0 bridgehead atoms. The van der Waals surface area contributed by atoms with E-state index < -0.39 is 0 Å². The van der Waals surface area contributed by atoms with Crippen molar-refractivity contribution in [3.05, 3.63) is 34.6 Å². The fourth-order valence-electron chi connectivity index (χ4n) is 2.12. The lowest BCUT2D eigenvalue weighted by molar-refractivity contribution is 0.318. The van der Waals surface area contributed by atoms with Crippen molar-refractivity contribution >= 4 is 11.6 Å². The predicted molar refractivity (Wildman–Crippen MR) is 63.8 cm³/mol. The number of halogens is 2. The summed E-state index contributed by atoms with van der Waals surface area (Å²) in [7, 11) is 0. The van der Waals surface area contributed by atoms with Crippen LogP contribution in [0.2, 0.25) is 5.02 Å². The van der Waals surface area contributed by atoms with Crippen LogP contribution in [0.5, 0.6) is 0 Å². The zero-order chi connectivity index (χ0) is 11.7. The van der Waals surface area contributed by atoms with Crippen LogP contribution in [0.25, 0.3) is 0 Å². The standard InChI is InChI=1S/C12H16ClFN2/c1-8-5-16(7-12(8)15)6-9-2-3-10(13)11(14)4-9/h2-4,8,12H,5-7,15H2,1H3. The highest BCUT2D eigenvalue weighted by molar-refractivity contribution is 6.30. The van der Waals surface area contributed by atoms with Gasteiger partial charge in [-0.05, 0) is 23.6 Å². The van der Waals surface area contributed by atoms with Crippen molar-refractivity contribution in [1.82, 2.24) is 4.90 Å². The molecule has 1 fully saturated rings. The topological polar surface area (TPSA) is 29.3 Å². The minimum Gasteiger partial charge on any atom is -0.326 e. The fourth-order valence-corrected chi connectivity index (χ4v) is 2.24. The van der Waals surface area contributed by atoms with Crippen LogP contribution in [0.1, 0.15) is 12.5 Å². The van der Waals surface area contributed by atoms with Crippen molar-refractivity contribution in [1.29, 1.82) is 0 Å². The highest BCUT2D eigenvalue weighted by atomic mass is 35.5. The van der Waals surface area contributed by atoms with Gasteiger partial charge < -0.3 is 5.73 Å². The van der Waals surface area contributed by atoms with Gasteiger partial charge in [-0.3, -0.25) is 4.90 Å². The molecule has 0 spiro atoms. The number of hydrogen-bond donors (Lipinski definition) is 1. The first-order chi connectivity index (χ1) is 7.56. The normalized spacial score (nSPS) is 26.2. The van der Waals surface area contributed by atoms with Crippen LogP contribution in [0.3, 0.4) is 0 Å². The molecule has 2 N–H and O–H groups in total. The summed E-state index contributed by atoms with van der Waals surface area (Å²) in [5.74, 6) is 0.160. The Labute approximate surface area is 100 Å². The van der Waals surface area contributed by atoms with Gasteiger partial charge in [-0.15, -0.1) is 0 Å². The number of likely N-dealkylation sites (tertiary alicyclic amines) is 1. The van der Waals surface area contributed by atoms with Crippen LogP contribution >= 0.6 is 11.6 Å². The Kier molecular flexibility index (Phi) is 3.47. The summed E-state index contributed by atoms with van der Waals surface area (Å²) in [4.78, 5) is 2.25. The van der Waals surface area contributed by atoms with Crippen LogP contribution in [0.15, 0.2) is 18.2 Å². The predicted octanol–water partition coefficient (Wildman–Crippen LogP) is 2.26. The van der Waals surface area contributed by atoms with E-state index in [1.165, 1.54) is 6.07 Å². The molecule has 0 saturated carbocycles. The van der Waals surface area contributed by atoms with Gasteiger partial charge in [0.1, 0.15) is 5.82 Å². The van der Waals surface area contributed by atoms with Gasteiger partial charge in [0, 0.05) is 25.7 Å². The second-order valence-corrected chi connectivity index (χ2v) is 4.99. The Hall–Kier alpha value is -0.640. The minimum absolute atomic E-state index is 0.176. The van der Waals surface area contributed by atoms with E-state index >= 15 is 0 Å². The monoisotopic (exact) mass is 242 g/mol. The van der Waals surface area contributed by atoms with E-state index in [0.717, 1.165) is 25.2 Å². The molecule has 4 heteroatoms. The summed E-state index contributed by atoms with van der Waals surface area (Å²) >= 11 is 5.64. The van der Waals surface area contributed by atoms with Crippen molar-refractivity contribution in [3.8, 4) is 0 Å². The molecular weight excluding hydrogens is 227 g/mol. The Morgan fingerprint density at radius 1 is 1.50 bits per heavy atom. The first kappa shape index (κ1) is 11.8. The van der Waals surface area contributed by atoms with E-state index in [1.807, 2.05) is 6.07 Å². The Bertz CT molecular complexity index is 373. The number of hydrogen-bond acceptors (Lipinski definition) is 2. The smallest absolute Gasteiger partial charge is 0.142 e. The van der Waals surface area contributed by atoms with Gasteiger partial charge >= 0.3 is 0 Å². The van der Waals surface area contributed by atoms with Crippen LogP contribution in [0, 0.1) is 11.7 Å². The summed E-state index contributed by atoms with van der Waals surface area (Å²) in [6, 6.07) is 5.19. The molecule has 2 rings (SSSR count). The number of rotatable bonds is 2. The molecule has 88 valence electrons. The van der Waals surface area contributed by atoms with Crippen molar-refractivity contribution < 1.29 is 4.39 Å². The maximum Gasteiger partial charge on any atom is 0.142 e. The average molecular weight is 243 g/mol. The van der Waals surface area contributed by atoms with Gasteiger partial charge in [-0.2, -0.15) is 0 Å². The lowest BCUT2D eigenvalue weighted by Gasteiger charge is -2.15. The maximum atomic E-state index is 13.2. The number of benzene rings is 1. The zero-order valence-corrected chi connectivity index (χ0v) is 10.0. The molecule has 2 atom stereocenters. The Morgan fingerprint density at radius 3 is 2.81 bits per heavy atom. The molecule has 16 heavy (non-hydrogen) atoms. The third-order valence-corrected chi connectivity index (χ3v) is 3.44. The van der Waals surface area contributed by atoms with Crippen LogP contribution in [0.4, 0.5) is 4.39 Å². The first-order valence-corrected chi connectivity index (χ1v) is 5.86. The average Bonchev–Trinajstić information content (AvgIpc) is 2.52. The highest BCUT2D eigenvalue weighted by Crippen LogP contribution is 2.20. The summed E-state index contributed by atoms with van der Waals surface area (Å²) in [6.45, 7) is 4.75. The number of nitrogens with two attached hydrogens (primary N) is 1. The molecule has 2 nitrogen and oxygen atoms in total. The largest absolute Gasteiger partial charge is 0.326 e. The number of nitrogens with zero attached hydrogens (tertiary/aromatic N) is 1. The lowest BCUT2D eigenvalue weighted by Crippen LogP contribution is -2.28. The maximum absolute atomic E-state index is 13.2. The zero-order valence-electron chi connectivity index (χ0n) is 9.29. The third-order valence-electron chi connectivity index (χ3n) is 3.14. The van der Waals surface area contributed by atoms with Gasteiger partial charge in [0.15, 0.2) is 0 Å². The molecule has 1 aliphatic heterocycles. The van der Waals surface area contributed by atoms with E-state index in [0.29, 0.717) is 5.92 Å². The molecule has 2 unspecified atom stereocenters. The van der Waals surface area contributed by atoms with Crippen molar-refractivity contribution in [3.63, 3.8) is 0 Å². The van der Waals surface area contributed by atoms with Crippen LogP contribution < -0.4 is 5.73 Å². The van der Waals surface area contributed by atoms with Gasteiger partial charge in [0.05, 0.1) is 5.02 Å². The second-order valence-electron chi connectivity index (χ2n) is 4.58. The molecule has 0 amide bonds. The van der Waals surface area contributed by atoms with Gasteiger partial charge in [0.2, 0.25) is 0 Å². The fraction of sp³-hybridized carbons (Fsp3) is 0.500.